The zero-order chi connectivity index (χ0) is 9.10. The molecule has 1 heterocycles. The Morgan fingerprint density at radius 3 is 2.77 bits per heavy atom. The predicted octanol–water partition coefficient (Wildman–Crippen LogP) is 3.14. The molecular weight excluding hydrogens is 182 g/mol. The van der Waals surface area contributed by atoms with E-state index in [1.54, 1.807) is 0 Å². The molecule has 1 aliphatic heterocycles. The van der Waals surface area contributed by atoms with Gasteiger partial charge in [-0.05, 0) is 31.4 Å². The van der Waals surface area contributed by atoms with Gasteiger partial charge in [-0.2, -0.15) is 0 Å². The standard InChI is InChI=1S/C11H13ClN/c12-10-6-2-3-7-11(10)13-8-4-1-5-9-13/h2-4,6-7H,1,5,8-9H2. The first-order valence-electron chi connectivity index (χ1n) is 4.69. The van der Waals surface area contributed by atoms with Crippen molar-refractivity contribution in [1.29, 1.82) is 0 Å². The van der Waals surface area contributed by atoms with Crippen LogP contribution in [0.3, 0.4) is 0 Å². The summed E-state index contributed by atoms with van der Waals surface area (Å²) in [4.78, 5) is 2.33. The van der Waals surface area contributed by atoms with Gasteiger partial charge >= 0.3 is 0 Å². The van der Waals surface area contributed by atoms with E-state index in [1.165, 1.54) is 18.5 Å². The lowest BCUT2D eigenvalue weighted by molar-refractivity contribution is 0.671. The first kappa shape index (κ1) is 8.89. The van der Waals surface area contributed by atoms with Crippen molar-refractivity contribution in [1.82, 2.24) is 0 Å². The van der Waals surface area contributed by atoms with Crippen molar-refractivity contribution in [2.45, 2.75) is 12.8 Å². The fraction of sp³-hybridized carbons (Fsp3) is 0.364. The summed E-state index contributed by atoms with van der Waals surface area (Å²) in [5, 5.41) is 0.859. The van der Waals surface area contributed by atoms with Gasteiger partial charge in [-0.3, -0.25) is 0 Å². The second kappa shape index (κ2) is 4.01. The van der Waals surface area contributed by atoms with E-state index < -0.39 is 0 Å². The van der Waals surface area contributed by atoms with E-state index in [-0.39, 0.29) is 0 Å². The number of rotatable bonds is 1. The molecule has 0 saturated carbocycles. The smallest absolute Gasteiger partial charge is 0.0639 e. The molecule has 0 aromatic heterocycles. The van der Waals surface area contributed by atoms with Gasteiger partial charge in [-0.15, -0.1) is 0 Å². The monoisotopic (exact) mass is 194 g/mol. The quantitative estimate of drug-likeness (QED) is 0.664. The Bertz CT molecular complexity index is 279. The molecule has 1 aromatic carbocycles. The summed E-state index contributed by atoms with van der Waals surface area (Å²) < 4.78 is 0. The molecule has 0 unspecified atom stereocenters. The van der Waals surface area contributed by atoms with Crippen LogP contribution in [0.4, 0.5) is 5.69 Å². The number of para-hydroxylation sites is 1. The molecule has 0 bridgehead atoms. The van der Waals surface area contributed by atoms with Crippen molar-refractivity contribution < 1.29 is 0 Å². The van der Waals surface area contributed by atoms with Crippen LogP contribution in [0.5, 0.6) is 0 Å². The Hall–Kier alpha value is -0.690. The maximum Gasteiger partial charge on any atom is 0.0639 e. The number of anilines is 1. The highest BCUT2D eigenvalue weighted by Crippen LogP contribution is 2.27. The van der Waals surface area contributed by atoms with E-state index in [9.17, 15) is 0 Å². The largest absolute Gasteiger partial charge is 0.370 e. The third kappa shape index (κ3) is 1.97. The van der Waals surface area contributed by atoms with Gasteiger partial charge in [0.15, 0.2) is 0 Å². The zero-order valence-electron chi connectivity index (χ0n) is 7.54. The summed E-state index contributed by atoms with van der Waals surface area (Å²) in [5.41, 5.74) is 1.17. The normalized spacial score (nSPS) is 17.5. The molecule has 1 aromatic rings. The lowest BCUT2D eigenvalue weighted by Gasteiger charge is -2.29. The van der Waals surface area contributed by atoms with Gasteiger partial charge in [-0.25, -0.2) is 0 Å². The number of hydrogen-bond acceptors (Lipinski definition) is 1. The summed E-state index contributed by atoms with van der Waals surface area (Å²) in [5.74, 6) is 0. The number of benzene rings is 1. The van der Waals surface area contributed by atoms with Crippen LogP contribution in [0.15, 0.2) is 24.3 Å². The van der Waals surface area contributed by atoms with Crippen molar-refractivity contribution >= 4 is 17.3 Å². The molecule has 69 valence electrons. The summed E-state index contributed by atoms with van der Waals surface area (Å²) in [6, 6.07) is 8.04. The van der Waals surface area contributed by atoms with Gasteiger partial charge in [0.25, 0.3) is 0 Å². The molecule has 0 aliphatic carbocycles. The molecule has 0 spiro atoms. The second-order valence-electron chi connectivity index (χ2n) is 3.33. The van der Waals surface area contributed by atoms with Crippen molar-refractivity contribution in [3.8, 4) is 0 Å². The van der Waals surface area contributed by atoms with Crippen LogP contribution in [0.25, 0.3) is 0 Å². The summed E-state index contributed by atoms with van der Waals surface area (Å²) in [6.45, 7) is 2.16. The highest BCUT2D eigenvalue weighted by atomic mass is 35.5. The predicted molar refractivity (Wildman–Crippen MR) is 57.2 cm³/mol. The number of piperidine rings is 1. The molecule has 1 radical (unpaired) electrons. The minimum Gasteiger partial charge on any atom is -0.370 e. The summed E-state index contributed by atoms with van der Waals surface area (Å²) >= 11 is 6.10. The van der Waals surface area contributed by atoms with E-state index in [1.807, 2.05) is 18.2 Å². The molecule has 2 heteroatoms. The van der Waals surface area contributed by atoms with Gasteiger partial charge in [-0.1, -0.05) is 23.7 Å². The van der Waals surface area contributed by atoms with Crippen LogP contribution in [-0.4, -0.2) is 13.1 Å². The van der Waals surface area contributed by atoms with E-state index in [0.29, 0.717) is 0 Å². The van der Waals surface area contributed by atoms with Crippen molar-refractivity contribution in [2.75, 3.05) is 18.0 Å². The van der Waals surface area contributed by atoms with Gasteiger partial charge in [0.2, 0.25) is 0 Å². The number of halogens is 1. The molecule has 1 fully saturated rings. The SMILES string of the molecule is Clc1ccccc1N1C[CH]CCC1. The highest BCUT2D eigenvalue weighted by Gasteiger charge is 2.12. The van der Waals surface area contributed by atoms with E-state index >= 15 is 0 Å². The molecule has 0 amide bonds. The minimum absolute atomic E-state index is 0.859. The maximum atomic E-state index is 6.10. The zero-order valence-corrected chi connectivity index (χ0v) is 8.30. The number of hydrogen-bond donors (Lipinski definition) is 0. The Labute approximate surface area is 84.3 Å². The van der Waals surface area contributed by atoms with Crippen LogP contribution in [0.1, 0.15) is 12.8 Å². The number of nitrogens with zero attached hydrogens (tertiary/aromatic N) is 1. The lowest BCUT2D eigenvalue weighted by Crippen LogP contribution is -2.29. The Morgan fingerprint density at radius 2 is 2.08 bits per heavy atom. The first-order chi connectivity index (χ1) is 6.38. The third-order valence-corrected chi connectivity index (χ3v) is 2.70. The molecule has 2 rings (SSSR count). The van der Waals surface area contributed by atoms with Gasteiger partial charge in [0.1, 0.15) is 0 Å². The second-order valence-corrected chi connectivity index (χ2v) is 3.74. The van der Waals surface area contributed by atoms with Crippen LogP contribution < -0.4 is 4.90 Å². The van der Waals surface area contributed by atoms with Gasteiger partial charge in [0.05, 0.1) is 10.7 Å². The Kier molecular flexibility index (Phi) is 2.74. The van der Waals surface area contributed by atoms with E-state index in [2.05, 4.69) is 17.4 Å². The van der Waals surface area contributed by atoms with Crippen molar-refractivity contribution in [3.05, 3.63) is 35.7 Å². The van der Waals surface area contributed by atoms with Gasteiger partial charge in [0, 0.05) is 13.1 Å². The van der Waals surface area contributed by atoms with Crippen LogP contribution in [0.2, 0.25) is 5.02 Å². The first-order valence-corrected chi connectivity index (χ1v) is 5.07. The van der Waals surface area contributed by atoms with Crippen molar-refractivity contribution in [2.24, 2.45) is 0 Å². The Balaban J connectivity index is 2.18. The van der Waals surface area contributed by atoms with E-state index in [4.69, 9.17) is 11.6 Å². The average Bonchev–Trinajstić information content (AvgIpc) is 2.20. The third-order valence-electron chi connectivity index (χ3n) is 2.38. The topological polar surface area (TPSA) is 3.24 Å². The molecule has 1 aliphatic rings. The fourth-order valence-corrected chi connectivity index (χ4v) is 1.95. The molecule has 0 N–H and O–H groups in total. The lowest BCUT2D eigenvalue weighted by atomic mass is 10.1. The fourth-order valence-electron chi connectivity index (χ4n) is 1.69. The summed E-state index contributed by atoms with van der Waals surface area (Å²) in [6.07, 6.45) is 4.79. The van der Waals surface area contributed by atoms with E-state index in [0.717, 1.165) is 18.1 Å². The maximum absolute atomic E-state index is 6.10. The van der Waals surface area contributed by atoms with Crippen LogP contribution in [-0.2, 0) is 0 Å². The molecular formula is C11H13ClN. The average molecular weight is 195 g/mol. The molecule has 0 atom stereocenters. The summed E-state index contributed by atoms with van der Waals surface area (Å²) in [7, 11) is 0. The van der Waals surface area contributed by atoms with Crippen LogP contribution in [0, 0.1) is 6.42 Å². The highest BCUT2D eigenvalue weighted by molar-refractivity contribution is 6.33. The molecule has 1 nitrogen and oxygen atoms in total. The minimum atomic E-state index is 0.859. The van der Waals surface area contributed by atoms with Gasteiger partial charge < -0.3 is 4.90 Å². The molecule has 1 saturated heterocycles. The van der Waals surface area contributed by atoms with Crippen molar-refractivity contribution in [3.63, 3.8) is 0 Å². The molecule has 13 heavy (non-hydrogen) atoms. The van der Waals surface area contributed by atoms with Crippen LogP contribution >= 0.6 is 11.6 Å². The Morgan fingerprint density at radius 1 is 1.23 bits per heavy atom.